The Hall–Kier alpha value is -2.41. The Labute approximate surface area is 132 Å². The molecule has 0 bridgehead atoms. The number of halogens is 1. The first kappa shape index (κ1) is 16.4. The molecule has 1 aliphatic rings. The molecule has 1 saturated heterocycles. The molecule has 1 fully saturated rings. The molecule has 1 aliphatic heterocycles. The van der Waals surface area contributed by atoms with Crippen molar-refractivity contribution in [3.8, 4) is 0 Å². The molecule has 0 spiro atoms. The van der Waals surface area contributed by atoms with Crippen molar-refractivity contribution in [2.24, 2.45) is 0 Å². The van der Waals surface area contributed by atoms with Gasteiger partial charge in [-0.25, -0.2) is 9.02 Å². The Morgan fingerprint density at radius 2 is 1.96 bits per heavy atom. The molecule has 0 aliphatic carbocycles. The van der Waals surface area contributed by atoms with Crippen LogP contribution < -0.4 is 5.32 Å². The molecule has 5 atom stereocenters. The number of ether oxygens (including phenoxy) is 1. The van der Waals surface area contributed by atoms with Crippen molar-refractivity contribution in [2.75, 3.05) is 12.0 Å². The topological polar surface area (TPSA) is 164 Å². The largest absolute Gasteiger partial charge is 0.388 e. The number of nitro groups is 1. The highest BCUT2D eigenvalue weighted by molar-refractivity contribution is 5.93. The van der Waals surface area contributed by atoms with Crippen LogP contribution in [0.2, 0.25) is 0 Å². The second-order valence-electron chi connectivity index (χ2n) is 5.22. The van der Waals surface area contributed by atoms with E-state index in [-0.39, 0.29) is 22.4 Å². The SMILES string of the molecule is O=[N+]([O-])c1ccc(N[C@@H]2C(O)O[C@@H](CF)[C@H](O)[C@H]2O)c2nonc12. The van der Waals surface area contributed by atoms with Gasteiger partial charge in [-0.3, -0.25) is 10.1 Å². The molecule has 2 aromatic rings. The lowest BCUT2D eigenvalue weighted by Gasteiger charge is -2.40. The summed E-state index contributed by atoms with van der Waals surface area (Å²) in [6.07, 6.45) is -6.12. The predicted octanol–water partition coefficient (Wildman–Crippen LogP) is -0.680. The summed E-state index contributed by atoms with van der Waals surface area (Å²) < 4.78 is 22.1. The van der Waals surface area contributed by atoms with E-state index in [2.05, 4.69) is 20.3 Å². The molecule has 12 heteroatoms. The van der Waals surface area contributed by atoms with E-state index in [0.717, 1.165) is 6.07 Å². The number of hydrogen-bond donors (Lipinski definition) is 4. The van der Waals surface area contributed by atoms with Gasteiger partial charge in [0.15, 0.2) is 11.8 Å². The maximum atomic E-state index is 12.7. The second kappa shape index (κ2) is 6.24. The van der Waals surface area contributed by atoms with Crippen LogP contribution in [-0.2, 0) is 4.74 Å². The van der Waals surface area contributed by atoms with E-state index in [4.69, 9.17) is 4.74 Å². The van der Waals surface area contributed by atoms with E-state index in [1.807, 2.05) is 0 Å². The van der Waals surface area contributed by atoms with E-state index in [9.17, 15) is 29.8 Å². The number of non-ortho nitro benzene ring substituents is 1. The standard InChI is InChI=1S/C12H13FN4O7/c13-3-6-10(18)11(19)9(12(20)23-6)14-4-1-2-5(17(21)22)8-7(4)15-24-16-8/h1-2,6,9-12,14,18-20H,3H2/t6-,9-,10-,11-,12?/m0/s1. The predicted molar refractivity (Wildman–Crippen MR) is 74.7 cm³/mol. The molecule has 0 saturated carbocycles. The lowest BCUT2D eigenvalue weighted by atomic mass is 9.97. The first-order chi connectivity index (χ1) is 11.4. The maximum Gasteiger partial charge on any atom is 0.300 e. The summed E-state index contributed by atoms with van der Waals surface area (Å²) >= 11 is 0. The number of nitro benzene ring substituents is 1. The van der Waals surface area contributed by atoms with Crippen LogP contribution in [0.4, 0.5) is 15.8 Å². The third-order valence-corrected chi connectivity index (χ3v) is 3.79. The first-order valence-corrected chi connectivity index (χ1v) is 6.86. The van der Waals surface area contributed by atoms with Gasteiger partial charge < -0.3 is 25.4 Å². The molecule has 4 N–H and O–H groups in total. The number of aromatic nitrogens is 2. The van der Waals surface area contributed by atoms with Crippen LogP contribution in [0, 0.1) is 10.1 Å². The van der Waals surface area contributed by atoms with Crippen LogP contribution in [-0.4, -0.2) is 67.9 Å². The smallest absolute Gasteiger partial charge is 0.300 e. The molecule has 1 unspecified atom stereocenters. The minimum absolute atomic E-state index is 0.00861. The number of anilines is 1. The summed E-state index contributed by atoms with van der Waals surface area (Å²) in [7, 11) is 0. The summed E-state index contributed by atoms with van der Waals surface area (Å²) in [6.45, 7) is -1.09. The van der Waals surface area contributed by atoms with Crippen LogP contribution in [0.15, 0.2) is 16.8 Å². The van der Waals surface area contributed by atoms with Gasteiger partial charge in [0.05, 0.1) is 10.6 Å². The Morgan fingerprint density at radius 1 is 1.25 bits per heavy atom. The average Bonchev–Trinajstić information content (AvgIpc) is 3.04. The zero-order chi connectivity index (χ0) is 17.4. The summed E-state index contributed by atoms with van der Waals surface area (Å²) in [6, 6.07) is 1.18. The number of fused-ring (bicyclic) bond motifs is 1. The highest BCUT2D eigenvalue weighted by Crippen LogP contribution is 2.31. The average molecular weight is 344 g/mol. The van der Waals surface area contributed by atoms with E-state index in [1.54, 1.807) is 0 Å². The normalized spacial score (nSPS) is 30.4. The Balaban J connectivity index is 1.91. The molecule has 3 rings (SSSR count). The number of aliphatic hydroxyl groups is 3. The summed E-state index contributed by atoms with van der Waals surface area (Å²) in [5.41, 5.74) is -0.330. The first-order valence-electron chi connectivity index (χ1n) is 6.86. The fraction of sp³-hybridized carbons (Fsp3) is 0.500. The molecule has 24 heavy (non-hydrogen) atoms. The van der Waals surface area contributed by atoms with E-state index in [1.165, 1.54) is 6.07 Å². The number of rotatable bonds is 4. The van der Waals surface area contributed by atoms with Gasteiger partial charge in [-0.15, -0.1) is 0 Å². The Bertz CT molecular complexity index is 756. The zero-order valence-corrected chi connectivity index (χ0v) is 11.9. The number of hydrogen-bond acceptors (Lipinski definition) is 10. The van der Waals surface area contributed by atoms with E-state index >= 15 is 0 Å². The third-order valence-electron chi connectivity index (χ3n) is 3.79. The Morgan fingerprint density at radius 3 is 2.62 bits per heavy atom. The molecular weight excluding hydrogens is 331 g/mol. The number of nitrogens with zero attached hydrogens (tertiary/aromatic N) is 3. The fourth-order valence-electron chi connectivity index (χ4n) is 2.53. The third kappa shape index (κ3) is 2.65. The van der Waals surface area contributed by atoms with Gasteiger partial charge in [0, 0.05) is 6.07 Å². The van der Waals surface area contributed by atoms with Crippen molar-refractivity contribution >= 4 is 22.4 Å². The molecule has 0 amide bonds. The van der Waals surface area contributed by atoms with E-state index < -0.39 is 42.2 Å². The van der Waals surface area contributed by atoms with Crippen molar-refractivity contribution in [2.45, 2.75) is 30.6 Å². The fourth-order valence-corrected chi connectivity index (χ4v) is 2.53. The van der Waals surface area contributed by atoms with Gasteiger partial charge in [-0.05, 0) is 16.4 Å². The molecule has 1 aromatic heterocycles. The minimum atomic E-state index is -1.63. The van der Waals surface area contributed by atoms with Crippen LogP contribution in [0.5, 0.6) is 0 Å². The summed E-state index contributed by atoms with van der Waals surface area (Å²) in [5, 5.41) is 50.3. The molecule has 11 nitrogen and oxygen atoms in total. The number of benzene rings is 1. The van der Waals surface area contributed by atoms with Crippen molar-refractivity contribution in [3.05, 3.63) is 22.2 Å². The molecular formula is C12H13FN4O7. The number of alkyl halides is 1. The monoisotopic (exact) mass is 344 g/mol. The van der Waals surface area contributed by atoms with Crippen LogP contribution in [0.3, 0.4) is 0 Å². The second-order valence-corrected chi connectivity index (χ2v) is 5.22. The Kier molecular flexibility index (Phi) is 4.28. The molecule has 130 valence electrons. The van der Waals surface area contributed by atoms with Gasteiger partial charge >= 0.3 is 5.69 Å². The van der Waals surface area contributed by atoms with Crippen molar-refractivity contribution < 1.29 is 34.0 Å². The number of nitrogens with one attached hydrogen (secondary N) is 1. The molecule has 2 heterocycles. The number of aliphatic hydroxyl groups excluding tert-OH is 3. The summed E-state index contributed by atoms with van der Waals surface area (Å²) in [5.74, 6) is 0. The van der Waals surface area contributed by atoms with Crippen LogP contribution in [0.1, 0.15) is 0 Å². The van der Waals surface area contributed by atoms with Crippen LogP contribution in [0.25, 0.3) is 11.0 Å². The van der Waals surface area contributed by atoms with Gasteiger partial charge in [0.25, 0.3) is 0 Å². The quantitative estimate of drug-likeness (QED) is 0.412. The highest BCUT2D eigenvalue weighted by atomic mass is 19.1. The van der Waals surface area contributed by atoms with Gasteiger partial charge in [-0.1, -0.05) is 0 Å². The maximum absolute atomic E-state index is 12.7. The van der Waals surface area contributed by atoms with Gasteiger partial charge in [-0.2, -0.15) is 0 Å². The van der Waals surface area contributed by atoms with E-state index in [0.29, 0.717) is 0 Å². The van der Waals surface area contributed by atoms with Gasteiger partial charge in [0.2, 0.25) is 5.52 Å². The van der Waals surface area contributed by atoms with Crippen molar-refractivity contribution in [1.29, 1.82) is 0 Å². The van der Waals surface area contributed by atoms with Gasteiger partial charge in [0.1, 0.15) is 31.0 Å². The lowest BCUT2D eigenvalue weighted by molar-refractivity contribution is -0.383. The minimum Gasteiger partial charge on any atom is -0.388 e. The van der Waals surface area contributed by atoms with Crippen molar-refractivity contribution in [1.82, 2.24) is 10.3 Å². The van der Waals surface area contributed by atoms with Crippen LogP contribution >= 0.6 is 0 Å². The zero-order valence-electron chi connectivity index (χ0n) is 11.9. The lowest BCUT2D eigenvalue weighted by Crippen LogP contribution is -2.60. The van der Waals surface area contributed by atoms with Crippen molar-refractivity contribution in [3.63, 3.8) is 0 Å². The summed E-state index contributed by atoms with van der Waals surface area (Å²) in [4.78, 5) is 10.3. The molecule has 1 aromatic carbocycles. The molecule has 0 radical (unpaired) electrons. The highest BCUT2D eigenvalue weighted by Gasteiger charge is 2.44.